The van der Waals surface area contributed by atoms with Crippen molar-refractivity contribution in [1.82, 2.24) is 15.1 Å². The van der Waals surface area contributed by atoms with Crippen LogP contribution in [-0.4, -0.2) is 48.9 Å². The maximum absolute atomic E-state index is 14.1. The second-order valence-electron chi connectivity index (χ2n) is 9.19. The Kier molecular flexibility index (Phi) is 6.65. The molecule has 4 rings (SSSR count). The van der Waals surface area contributed by atoms with Gasteiger partial charge in [-0.3, -0.25) is 9.69 Å². The van der Waals surface area contributed by atoms with Crippen LogP contribution in [0.4, 0.5) is 26.3 Å². The highest BCUT2D eigenvalue weighted by Gasteiger charge is 2.51. The van der Waals surface area contributed by atoms with Gasteiger partial charge in [0.15, 0.2) is 0 Å². The molecule has 1 amide bonds. The third kappa shape index (κ3) is 4.65. The van der Waals surface area contributed by atoms with Crippen LogP contribution in [0.2, 0.25) is 0 Å². The maximum atomic E-state index is 14.1. The van der Waals surface area contributed by atoms with Gasteiger partial charge in [0.1, 0.15) is 5.54 Å². The van der Waals surface area contributed by atoms with E-state index in [0.717, 1.165) is 11.1 Å². The van der Waals surface area contributed by atoms with Crippen molar-refractivity contribution in [2.24, 2.45) is 0 Å². The van der Waals surface area contributed by atoms with Crippen molar-refractivity contribution in [2.45, 2.75) is 43.7 Å². The van der Waals surface area contributed by atoms with Crippen LogP contribution < -0.4 is 5.32 Å². The molecule has 0 aromatic heterocycles. The van der Waals surface area contributed by atoms with Gasteiger partial charge in [-0.2, -0.15) is 26.3 Å². The fourth-order valence-corrected chi connectivity index (χ4v) is 5.24. The number of nitrogens with zero attached hydrogens (tertiary/aromatic N) is 2. The zero-order valence-corrected chi connectivity index (χ0v) is 19.4. The Hall–Kier alpha value is -2.59. The number of aryl methyl sites for hydroxylation is 1. The van der Waals surface area contributed by atoms with Crippen LogP contribution in [0.15, 0.2) is 42.5 Å². The summed E-state index contributed by atoms with van der Waals surface area (Å²) in [5.41, 5.74) is -2.14. The van der Waals surface area contributed by atoms with E-state index in [1.165, 1.54) is 18.9 Å². The van der Waals surface area contributed by atoms with Crippen molar-refractivity contribution in [3.63, 3.8) is 0 Å². The number of carbonyl (C=O) groups excluding carboxylic acids is 1. The second kappa shape index (κ2) is 9.13. The van der Waals surface area contributed by atoms with E-state index in [2.05, 4.69) is 10.2 Å². The van der Waals surface area contributed by atoms with Gasteiger partial charge in [0, 0.05) is 33.2 Å². The number of alkyl halides is 6. The summed E-state index contributed by atoms with van der Waals surface area (Å²) in [6, 6.07) is 8.08. The highest BCUT2D eigenvalue weighted by molar-refractivity contribution is 5.89. The van der Waals surface area contributed by atoms with Gasteiger partial charge in [-0.1, -0.05) is 24.3 Å². The quantitative estimate of drug-likeness (QED) is 0.603. The Morgan fingerprint density at radius 1 is 1.00 bits per heavy atom. The van der Waals surface area contributed by atoms with Gasteiger partial charge in [-0.25, -0.2) is 0 Å². The average molecular weight is 499 g/mol. The molecule has 10 heteroatoms. The van der Waals surface area contributed by atoms with Gasteiger partial charge in [0.05, 0.1) is 17.2 Å². The highest BCUT2D eigenvalue weighted by Crippen LogP contribution is 2.45. The minimum atomic E-state index is -4.95. The third-order valence-corrected chi connectivity index (χ3v) is 7.22. The molecule has 1 aliphatic heterocycles. The van der Waals surface area contributed by atoms with Crippen molar-refractivity contribution >= 4 is 5.91 Å². The lowest BCUT2D eigenvalue weighted by Crippen LogP contribution is -2.60. The van der Waals surface area contributed by atoms with Crippen molar-refractivity contribution in [1.29, 1.82) is 0 Å². The van der Waals surface area contributed by atoms with E-state index in [1.54, 1.807) is 0 Å². The Labute approximate surface area is 199 Å². The van der Waals surface area contributed by atoms with Crippen molar-refractivity contribution in [2.75, 3.05) is 33.2 Å². The fourth-order valence-electron chi connectivity index (χ4n) is 5.24. The molecule has 0 saturated carbocycles. The topological polar surface area (TPSA) is 35.6 Å². The van der Waals surface area contributed by atoms with Crippen LogP contribution in [0.25, 0.3) is 0 Å². The number of fused-ring (bicyclic) bond motifs is 1. The van der Waals surface area contributed by atoms with Crippen LogP contribution in [0.5, 0.6) is 0 Å². The van der Waals surface area contributed by atoms with E-state index in [-0.39, 0.29) is 17.5 Å². The van der Waals surface area contributed by atoms with Crippen LogP contribution in [0, 0.1) is 0 Å². The molecule has 0 bridgehead atoms. The number of nitrogens with one attached hydrogen (secondary N) is 1. The molecule has 4 nitrogen and oxygen atoms in total. The van der Waals surface area contributed by atoms with E-state index in [0.29, 0.717) is 51.2 Å². The number of hydrogen-bond acceptors (Lipinski definition) is 3. The van der Waals surface area contributed by atoms with E-state index in [4.69, 9.17) is 0 Å². The molecule has 35 heavy (non-hydrogen) atoms. The molecule has 1 fully saturated rings. The average Bonchev–Trinajstić information content (AvgIpc) is 3.22. The standard InChI is InChI=1S/C25H27F6N3O/c1-16(18-13-19(24(26,27)28)15-20(14-18)25(29,30)31)33(2)22(35)23(34-11-9-32-10-12-34)8-7-17-5-3-4-6-21(17)23/h3-6,13-16,32H,7-12H2,1-2H3/t16-,23?/m1/s1. The predicted molar refractivity (Wildman–Crippen MR) is 119 cm³/mol. The molecular formula is C25H27F6N3O. The molecule has 1 aliphatic carbocycles. The number of benzene rings is 2. The number of carbonyl (C=O) groups is 1. The van der Waals surface area contributed by atoms with Crippen molar-refractivity contribution in [3.05, 3.63) is 70.3 Å². The van der Waals surface area contributed by atoms with Crippen LogP contribution >= 0.6 is 0 Å². The molecular weight excluding hydrogens is 472 g/mol. The van der Waals surface area contributed by atoms with Crippen LogP contribution in [-0.2, 0) is 29.1 Å². The largest absolute Gasteiger partial charge is 0.416 e. The van der Waals surface area contributed by atoms with Gasteiger partial charge in [-0.15, -0.1) is 0 Å². The van der Waals surface area contributed by atoms with Crippen LogP contribution in [0.3, 0.4) is 0 Å². The Balaban J connectivity index is 1.75. The van der Waals surface area contributed by atoms with Crippen LogP contribution in [0.1, 0.15) is 47.2 Å². The Bertz CT molecular complexity index is 1060. The first kappa shape index (κ1) is 25.5. The molecule has 1 unspecified atom stereocenters. The third-order valence-electron chi connectivity index (χ3n) is 7.22. The number of piperazine rings is 1. The number of amides is 1. The van der Waals surface area contributed by atoms with Gasteiger partial charge in [0.2, 0.25) is 5.91 Å². The van der Waals surface area contributed by atoms with E-state index >= 15 is 0 Å². The molecule has 0 spiro atoms. The highest BCUT2D eigenvalue weighted by atomic mass is 19.4. The number of halogens is 6. The summed E-state index contributed by atoms with van der Waals surface area (Å²) in [5.74, 6) is -0.331. The molecule has 0 radical (unpaired) electrons. The number of likely N-dealkylation sites (N-methyl/N-ethyl adjacent to an activating group) is 1. The second-order valence-corrected chi connectivity index (χ2v) is 9.19. The van der Waals surface area contributed by atoms with E-state index < -0.39 is 35.1 Å². The lowest BCUT2D eigenvalue weighted by Gasteiger charge is -2.45. The molecule has 2 aromatic carbocycles. The SMILES string of the molecule is C[C@H](c1cc(C(F)(F)F)cc(C(F)(F)F)c1)N(C)C(=O)C1(N2CCNCC2)CCc2ccccc21. The van der Waals surface area contributed by atoms with Gasteiger partial charge >= 0.3 is 12.4 Å². The zero-order valence-electron chi connectivity index (χ0n) is 19.4. The summed E-state index contributed by atoms with van der Waals surface area (Å²) < 4.78 is 80.5. The maximum Gasteiger partial charge on any atom is 0.416 e. The van der Waals surface area contributed by atoms with Gasteiger partial charge < -0.3 is 10.2 Å². The Morgan fingerprint density at radius 2 is 1.57 bits per heavy atom. The molecule has 2 aromatic rings. The lowest BCUT2D eigenvalue weighted by atomic mass is 9.86. The molecule has 1 heterocycles. The summed E-state index contributed by atoms with van der Waals surface area (Å²) in [6.45, 7) is 4.02. The molecule has 2 atom stereocenters. The number of hydrogen-bond donors (Lipinski definition) is 1. The monoisotopic (exact) mass is 499 g/mol. The smallest absolute Gasteiger partial charge is 0.337 e. The summed E-state index contributed by atoms with van der Waals surface area (Å²) in [6.07, 6.45) is -8.75. The lowest BCUT2D eigenvalue weighted by molar-refractivity contribution is -0.147. The molecule has 1 saturated heterocycles. The first-order chi connectivity index (χ1) is 16.4. The zero-order chi connectivity index (χ0) is 25.6. The minimum Gasteiger partial charge on any atom is -0.337 e. The van der Waals surface area contributed by atoms with E-state index in [9.17, 15) is 31.1 Å². The first-order valence-electron chi connectivity index (χ1n) is 11.5. The minimum absolute atomic E-state index is 0.105. The summed E-state index contributed by atoms with van der Waals surface area (Å²) >= 11 is 0. The van der Waals surface area contributed by atoms with Crippen molar-refractivity contribution < 1.29 is 31.1 Å². The van der Waals surface area contributed by atoms with Gasteiger partial charge in [-0.05, 0) is 54.7 Å². The molecule has 1 N–H and O–H groups in total. The molecule has 190 valence electrons. The van der Waals surface area contributed by atoms with E-state index in [1.807, 2.05) is 24.3 Å². The van der Waals surface area contributed by atoms with Crippen molar-refractivity contribution in [3.8, 4) is 0 Å². The summed E-state index contributed by atoms with van der Waals surface area (Å²) in [4.78, 5) is 17.5. The predicted octanol–water partition coefficient (Wildman–Crippen LogP) is 4.99. The summed E-state index contributed by atoms with van der Waals surface area (Å²) in [7, 11) is 1.45. The number of rotatable bonds is 4. The molecule has 2 aliphatic rings. The van der Waals surface area contributed by atoms with Gasteiger partial charge in [0.25, 0.3) is 0 Å². The first-order valence-corrected chi connectivity index (χ1v) is 11.5. The Morgan fingerprint density at radius 3 is 2.14 bits per heavy atom. The normalized spacial score (nSPS) is 22.1. The fraction of sp³-hybridized carbons (Fsp3) is 0.480. The summed E-state index contributed by atoms with van der Waals surface area (Å²) in [5, 5.41) is 3.26.